The van der Waals surface area contributed by atoms with Crippen molar-refractivity contribution >= 4 is 0 Å². The minimum absolute atomic E-state index is 0.685. The normalized spacial score (nSPS) is 22.9. The molecule has 1 rings (SSSR count). The van der Waals surface area contributed by atoms with E-state index in [1.165, 1.54) is 26.1 Å². The highest BCUT2D eigenvalue weighted by Crippen LogP contribution is 2.09. The van der Waals surface area contributed by atoms with Crippen molar-refractivity contribution in [2.24, 2.45) is 5.92 Å². The highest BCUT2D eigenvalue weighted by atomic mass is 15.2. The van der Waals surface area contributed by atoms with Crippen molar-refractivity contribution in [3.05, 3.63) is 0 Å². The molecule has 0 spiro atoms. The van der Waals surface area contributed by atoms with Crippen LogP contribution in [0.25, 0.3) is 0 Å². The van der Waals surface area contributed by atoms with Gasteiger partial charge in [-0.15, -0.1) is 12.3 Å². The number of hydrogen-bond acceptors (Lipinski definition) is 2. The molecule has 1 aliphatic rings. The lowest BCUT2D eigenvalue weighted by Crippen LogP contribution is -2.51. The zero-order chi connectivity index (χ0) is 11.1. The standard InChI is InChI=1S/C13H24N2/c1-4-5-6-8-15-9-7-14-13(11-15)10-12(2)3/h1,12-14H,5-11H2,2-3H3. The van der Waals surface area contributed by atoms with Crippen LogP contribution in [0.15, 0.2) is 0 Å². The van der Waals surface area contributed by atoms with Crippen molar-refractivity contribution in [3.63, 3.8) is 0 Å². The summed E-state index contributed by atoms with van der Waals surface area (Å²) in [4.78, 5) is 2.54. The van der Waals surface area contributed by atoms with Crippen molar-refractivity contribution in [2.45, 2.75) is 39.2 Å². The van der Waals surface area contributed by atoms with E-state index in [-0.39, 0.29) is 0 Å². The summed E-state index contributed by atoms with van der Waals surface area (Å²) in [6.07, 6.45) is 8.60. The zero-order valence-electron chi connectivity index (χ0n) is 10.1. The van der Waals surface area contributed by atoms with Gasteiger partial charge in [0, 0.05) is 32.1 Å². The Morgan fingerprint density at radius 1 is 1.53 bits per heavy atom. The van der Waals surface area contributed by atoms with Gasteiger partial charge in [-0.2, -0.15) is 0 Å². The molecule has 0 aromatic rings. The predicted octanol–water partition coefficient (Wildman–Crippen LogP) is 1.72. The second-order valence-corrected chi connectivity index (χ2v) is 4.89. The van der Waals surface area contributed by atoms with E-state index in [0.717, 1.165) is 25.3 Å². The van der Waals surface area contributed by atoms with E-state index in [9.17, 15) is 0 Å². The Morgan fingerprint density at radius 2 is 2.33 bits per heavy atom. The fraction of sp³-hybridized carbons (Fsp3) is 0.846. The molecule has 1 atom stereocenters. The largest absolute Gasteiger partial charge is 0.311 e. The average Bonchev–Trinajstić information content (AvgIpc) is 2.18. The second kappa shape index (κ2) is 6.87. The number of nitrogens with one attached hydrogen (secondary N) is 1. The van der Waals surface area contributed by atoms with E-state index < -0.39 is 0 Å². The van der Waals surface area contributed by atoms with Crippen molar-refractivity contribution in [3.8, 4) is 12.3 Å². The van der Waals surface area contributed by atoms with Crippen LogP contribution in [-0.4, -0.2) is 37.1 Å². The Balaban J connectivity index is 2.20. The van der Waals surface area contributed by atoms with Gasteiger partial charge in [-0.05, 0) is 25.3 Å². The molecule has 0 aromatic carbocycles. The van der Waals surface area contributed by atoms with E-state index in [4.69, 9.17) is 6.42 Å². The van der Waals surface area contributed by atoms with E-state index in [2.05, 4.69) is 30.0 Å². The quantitative estimate of drug-likeness (QED) is 0.547. The zero-order valence-corrected chi connectivity index (χ0v) is 10.1. The van der Waals surface area contributed by atoms with Gasteiger partial charge in [0.2, 0.25) is 0 Å². The summed E-state index contributed by atoms with van der Waals surface area (Å²) in [7, 11) is 0. The molecule has 86 valence electrons. The molecule has 1 fully saturated rings. The number of hydrogen-bond donors (Lipinski definition) is 1. The predicted molar refractivity (Wildman–Crippen MR) is 65.8 cm³/mol. The molecule has 0 radical (unpaired) electrons. The number of nitrogens with zero attached hydrogens (tertiary/aromatic N) is 1. The molecule has 0 aromatic heterocycles. The molecule has 1 heterocycles. The first kappa shape index (κ1) is 12.5. The van der Waals surface area contributed by atoms with Gasteiger partial charge >= 0.3 is 0 Å². The molecule has 2 heteroatoms. The maximum atomic E-state index is 5.26. The number of rotatable bonds is 5. The van der Waals surface area contributed by atoms with Crippen LogP contribution in [0.5, 0.6) is 0 Å². The van der Waals surface area contributed by atoms with Gasteiger partial charge in [0.1, 0.15) is 0 Å². The van der Waals surface area contributed by atoms with Crippen molar-refractivity contribution in [2.75, 3.05) is 26.2 Å². The molecular formula is C13H24N2. The number of piperazine rings is 1. The summed E-state index contributed by atoms with van der Waals surface area (Å²) in [5.41, 5.74) is 0. The molecule has 0 amide bonds. The lowest BCUT2D eigenvalue weighted by Gasteiger charge is -2.34. The molecule has 0 aliphatic carbocycles. The highest BCUT2D eigenvalue weighted by molar-refractivity contribution is 4.85. The smallest absolute Gasteiger partial charge is 0.0197 e. The van der Waals surface area contributed by atoms with Gasteiger partial charge in [-0.3, -0.25) is 0 Å². The van der Waals surface area contributed by atoms with Gasteiger partial charge in [-0.1, -0.05) is 13.8 Å². The molecule has 1 aliphatic heterocycles. The Bertz CT molecular complexity index is 205. The third-order valence-corrected chi connectivity index (χ3v) is 2.89. The molecule has 2 nitrogen and oxygen atoms in total. The summed E-state index contributed by atoms with van der Waals surface area (Å²) in [5, 5.41) is 3.59. The number of terminal acetylenes is 1. The fourth-order valence-electron chi connectivity index (χ4n) is 2.23. The lowest BCUT2D eigenvalue weighted by atomic mass is 10.0. The van der Waals surface area contributed by atoms with Gasteiger partial charge in [-0.25, -0.2) is 0 Å². The summed E-state index contributed by atoms with van der Waals surface area (Å²) in [6.45, 7) is 9.26. The van der Waals surface area contributed by atoms with Crippen LogP contribution in [0.4, 0.5) is 0 Å². The van der Waals surface area contributed by atoms with Crippen LogP contribution >= 0.6 is 0 Å². The first-order valence-electron chi connectivity index (χ1n) is 6.11. The Hall–Kier alpha value is -0.520. The third kappa shape index (κ3) is 5.20. The van der Waals surface area contributed by atoms with E-state index in [1.54, 1.807) is 0 Å². The first-order valence-corrected chi connectivity index (χ1v) is 6.11. The maximum absolute atomic E-state index is 5.26. The summed E-state index contributed by atoms with van der Waals surface area (Å²) in [6, 6.07) is 0.685. The van der Waals surface area contributed by atoms with Crippen molar-refractivity contribution < 1.29 is 0 Å². The maximum Gasteiger partial charge on any atom is 0.0197 e. The molecule has 0 saturated carbocycles. The minimum atomic E-state index is 0.685. The monoisotopic (exact) mass is 208 g/mol. The van der Waals surface area contributed by atoms with Crippen LogP contribution in [0.3, 0.4) is 0 Å². The summed E-state index contributed by atoms with van der Waals surface area (Å²) < 4.78 is 0. The molecular weight excluding hydrogens is 184 g/mol. The first-order chi connectivity index (χ1) is 7.22. The van der Waals surface area contributed by atoms with Gasteiger partial charge in [0.25, 0.3) is 0 Å². The molecule has 1 N–H and O–H groups in total. The van der Waals surface area contributed by atoms with Gasteiger partial charge < -0.3 is 10.2 Å². The Morgan fingerprint density at radius 3 is 3.00 bits per heavy atom. The van der Waals surface area contributed by atoms with Crippen LogP contribution < -0.4 is 5.32 Å². The van der Waals surface area contributed by atoms with Crippen molar-refractivity contribution in [1.29, 1.82) is 0 Å². The van der Waals surface area contributed by atoms with Crippen LogP contribution in [0, 0.1) is 18.3 Å². The summed E-state index contributed by atoms with van der Waals surface area (Å²) in [5.74, 6) is 3.49. The average molecular weight is 208 g/mol. The fourth-order valence-corrected chi connectivity index (χ4v) is 2.23. The van der Waals surface area contributed by atoms with Crippen LogP contribution in [-0.2, 0) is 0 Å². The van der Waals surface area contributed by atoms with Crippen molar-refractivity contribution in [1.82, 2.24) is 10.2 Å². The van der Waals surface area contributed by atoms with Gasteiger partial charge in [0.05, 0.1) is 0 Å². The lowest BCUT2D eigenvalue weighted by molar-refractivity contribution is 0.185. The SMILES string of the molecule is C#CCCCN1CCNC(CC(C)C)C1. The molecule has 1 saturated heterocycles. The molecule has 0 bridgehead atoms. The van der Waals surface area contributed by atoms with Crippen LogP contribution in [0.2, 0.25) is 0 Å². The Kier molecular flexibility index (Phi) is 5.75. The topological polar surface area (TPSA) is 15.3 Å². The number of unbranched alkanes of at least 4 members (excludes halogenated alkanes) is 1. The highest BCUT2D eigenvalue weighted by Gasteiger charge is 2.19. The van der Waals surface area contributed by atoms with E-state index >= 15 is 0 Å². The van der Waals surface area contributed by atoms with E-state index in [1.807, 2.05) is 0 Å². The minimum Gasteiger partial charge on any atom is -0.311 e. The molecule has 15 heavy (non-hydrogen) atoms. The van der Waals surface area contributed by atoms with E-state index in [0.29, 0.717) is 6.04 Å². The van der Waals surface area contributed by atoms with Gasteiger partial charge in [0.15, 0.2) is 0 Å². The summed E-state index contributed by atoms with van der Waals surface area (Å²) >= 11 is 0. The third-order valence-electron chi connectivity index (χ3n) is 2.89. The Labute approximate surface area is 94.4 Å². The molecule has 1 unspecified atom stereocenters. The second-order valence-electron chi connectivity index (χ2n) is 4.89. The van der Waals surface area contributed by atoms with Crippen LogP contribution in [0.1, 0.15) is 33.1 Å².